The van der Waals surface area contributed by atoms with Crippen LogP contribution in [0.5, 0.6) is 0 Å². The Morgan fingerprint density at radius 2 is 2.17 bits per heavy atom. The minimum atomic E-state index is 0.107. The number of furan rings is 1. The normalized spacial score (nSPS) is 27.5. The quantitative estimate of drug-likeness (QED) is 0.850. The van der Waals surface area contributed by atoms with E-state index in [9.17, 15) is 4.79 Å². The molecule has 0 bridgehead atoms. The van der Waals surface area contributed by atoms with Crippen LogP contribution < -0.4 is 0 Å². The highest BCUT2D eigenvalue weighted by Gasteiger charge is 2.50. The van der Waals surface area contributed by atoms with Crippen molar-refractivity contribution in [2.45, 2.75) is 38.1 Å². The van der Waals surface area contributed by atoms with Crippen molar-refractivity contribution in [3.8, 4) is 0 Å². The number of nitrogens with zero attached hydrogens (tertiary/aromatic N) is 2. The van der Waals surface area contributed by atoms with Crippen LogP contribution in [0.4, 0.5) is 0 Å². The zero-order valence-electron chi connectivity index (χ0n) is 14.6. The van der Waals surface area contributed by atoms with Gasteiger partial charge in [-0.25, -0.2) is 0 Å². The number of hydrogen-bond donors (Lipinski definition) is 0. The fourth-order valence-electron chi connectivity index (χ4n) is 4.83. The lowest BCUT2D eigenvalue weighted by Gasteiger charge is -2.43. The van der Waals surface area contributed by atoms with Gasteiger partial charge in [-0.05, 0) is 37.2 Å². The molecule has 3 heterocycles. The van der Waals surface area contributed by atoms with Gasteiger partial charge in [-0.15, -0.1) is 0 Å². The van der Waals surface area contributed by atoms with Crippen LogP contribution in [0.25, 0.3) is 0 Å². The number of likely N-dealkylation sites (tertiary alicyclic amines) is 2. The number of rotatable bonds is 4. The van der Waals surface area contributed by atoms with Crippen molar-refractivity contribution >= 4 is 5.91 Å². The monoisotopic (exact) mass is 332 g/mol. The Morgan fingerprint density at radius 1 is 1.38 bits per heavy atom. The zero-order valence-corrected chi connectivity index (χ0v) is 14.6. The van der Waals surface area contributed by atoms with Crippen LogP contribution in [0.3, 0.4) is 0 Å². The second kappa shape index (κ2) is 6.52. The van der Waals surface area contributed by atoms with Crippen LogP contribution in [0.15, 0.2) is 23.0 Å². The number of amides is 1. The summed E-state index contributed by atoms with van der Waals surface area (Å²) in [5.74, 6) is 0.713. The topological polar surface area (TPSA) is 45.9 Å². The zero-order chi connectivity index (χ0) is 16.6. The summed E-state index contributed by atoms with van der Waals surface area (Å²) in [5.41, 5.74) is 1.00. The molecule has 3 aliphatic rings. The van der Waals surface area contributed by atoms with Crippen LogP contribution >= 0.6 is 0 Å². The van der Waals surface area contributed by atoms with Gasteiger partial charge in [0.15, 0.2) is 0 Å². The van der Waals surface area contributed by atoms with Crippen molar-refractivity contribution in [1.29, 1.82) is 0 Å². The maximum Gasteiger partial charge on any atom is 0.257 e. The smallest absolute Gasteiger partial charge is 0.257 e. The molecule has 0 radical (unpaired) electrons. The molecule has 5 nitrogen and oxygen atoms in total. The first-order valence-electron chi connectivity index (χ1n) is 9.26. The molecule has 2 aliphatic heterocycles. The van der Waals surface area contributed by atoms with Gasteiger partial charge in [-0.1, -0.05) is 6.42 Å². The molecule has 4 rings (SSSR count). The predicted molar refractivity (Wildman–Crippen MR) is 90.9 cm³/mol. The predicted octanol–water partition coefficient (Wildman–Crippen LogP) is 2.63. The molecule has 3 fully saturated rings. The van der Waals surface area contributed by atoms with Gasteiger partial charge in [0.25, 0.3) is 5.91 Å². The van der Waals surface area contributed by atoms with E-state index in [4.69, 9.17) is 9.15 Å². The van der Waals surface area contributed by atoms with E-state index < -0.39 is 0 Å². The molecule has 1 amide bonds. The Bertz CT molecular complexity index is 559. The van der Waals surface area contributed by atoms with E-state index in [-0.39, 0.29) is 5.91 Å². The van der Waals surface area contributed by atoms with Crippen molar-refractivity contribution in [3.63, 3.8) is 0 Å². The van der Waals surface area contributed by atoms with E-state index >= 15 is 0 Å². The Hall–Kier alpha value is -1.33. The standard InChI is InChI=1S/C19H28N2O3/c1-23-13-16-11-21(17-3-2-4-17)14-19(16)6-8-20(9-7-19)18(22)15-5-10-24-12-15/h5,10,12,16-17H,2-4,6-9,11,13-14H2,1H3. The molecule has 24 heavy (non-hydrogen) atoms. The van der Waals surface area contributed by atoms with E-state index in [0.717, 1.165) is 38.6 Å². The van der Waals surface area contributed by atoms with Gasteiger partial charge in [-0.2, -0.15) is 0 Å². The van der Waals surface area contributed by atoms with Crippen molar-refractivity contribution in [2.24, 2.45) is 11.3 Å². The number of methoxy groups -OCH3 is 1. The number of piperidine rings is 1. The fourth-order valence-corrected chi connectivity index (χ4v) is 4.83. The molecule has 5 heteroatoms. The lowest BCUT2D eigenvalue weighted by molar-refractivity contribution is 0.0312. The lowest BCUT2D eigenvalue weighted by Crippen LogP contribution is -2.47. The van der Waals surface area contributed by atoms with Gasteiger partial charge >= 0.3 is 0 Å². The van der Waals surface area contributed by atoms with Gasteiger partial charge in [0, 0.05) is 45.2 Å². The molecule has 1 spiro atoms. The Kier molecular flexibility index (Phi) is 4.39. The first-order chi connectivity index (χ1) is 11.7. The van der Waals surface area contributed by atoms with Crippen LogP contribution in [-0.2, 0) is 4.74 Å². The summed E-state index contributed by atoms with van der Waals surface area (Å²) in [7, 11) is 1.82. The lowest BCUT2D eigenvalue weighted by atomic mass is 9.71. The third kappa shape index (κ3) is 2.78. The van der Waals surface area contributed by atoms with Crippen LogP contribution in [0, 0.1) is 11.3 Å². The maximum absolute atomic E-state index is 12.5. The van der Waals surface area contributed by atoms with Crippen LogP contribution in [0.2, 0.25) is 0 Å². The van der Waals surface area contributed by atoms with Crippen molar-refractivity contribution in [1.82, 2.24) is 9.80 Å². The first kappa shape index (κ1) is 16.2. The van der Waals surface area contributed by atoms with Gasteiger partial charge in [0.1, 0.15) is 6.26 Å². The first-order valence-corrected chi connectivity index (χ1v) is 9.26. The van der Waals surface area contributed by atoms with E-state index in [2.05, 4.69) is 4.90 Å². The van der Waals surface area contributed by atoms with Crippen molar-refractivity contribution in [3.05, 3.63) is 24.2 Å². The largest absolute Gasteiger partial charge is 0.472 e. The second-order valence-electron chi connectivity index (χ2n) is 7.83. The summed E-state index contributed by atoms with van der Waals surface area (Å²) in [6, 6.07) is 2.56. The summed E-state index contributed by atoms with van der Waals surface area (Å²) in [5, 5.41) is 0. The van der Waals surface area contributed by atoms with Gasteiger partial charge < -0.3 is 14.1 Å². The molecular weight excluding hydrogens is 304 g/mol. The molecule has 0 aromatic carbocycles. The van der Waals surface area contributed by atoms with Gasteiger partial charge in [0.2, 0.25) is 0 Å². The summed E-state index contributed by atoms with van der Waals surface area (Å²) >= 11 is 0. The molecule has 1 aromatic rings. The molecule has 1 aromatic heterocycles. The number of carbonyl (C=O) groups is 1. The van der Waals surface area contributed by atoms with E-state index in [1.54, 1.807) is 18.6 Å². The molecule has 1 saturated carbocycles. The summed E-state index contributed by atoms with van der Waals surface area (Å²) in [6.07, 6.45) is 9.41. The molecule has 132 valence electrons. The Labute approximate surface area is 143 Å². The van der Waals surface area contributed by atoms with E-state index in [0.29, 0.717) is 16.9 Å². The average Bonchev–Trinajstić information content (AvgIpc) is 3.16. The highest BCUT2D eigenvalue weighted by atomic mass is 16.5. The molecule has 1 atom stereocenters. The third-order valence-electron chi connectivity index (χ3n) is 6.61. The molecular formula is C19H28N2O3. The summed E-state index contributed by atoms with van der Waals surface area (Å²) in [6.45, 7) is 4.91. The summed E-state index contributed by atoms with van der Waals surface area (Å²) in [4.78, 5) is 17.2. The Balaban J connectivity index is 1.42. The molecule has 2 saturated heterocycles. The third-order valence-corrected chi connectivity index (χ3v) is 6.61. The van der Waals surface area contributed by atoms with E-state index in [1.807, 2.05) is 12.0 Å². The summed E-state index contributed by atoms with van der Waals surface area (Å²) < 4.78 is 10.6. The fraction of sp³-hybridized carbons (Fsp3) is 0.737. The Morgan fingerprint density at radius 3 is 2.75 bits per heavy atom. The minimum absolute atomic E-state index is 0.107. The van der Waals surface area contributed by atoms with Crippen LogP contribution in [-0.4, -0.2) is 61.6 Å². The number of ether oxygens (including phenoxy) is 1. The number of hydrogen-bond acceptors (Lipinski definition) is 4. The van der Waals surface area contributed by atoms with Gasteiger partial charge in [-0.3, -0.25) is 9.69 Å². The highest BCUT2D eigenvalue weighted by molar-refractivity contribution is 5.93. The van der Waals surface area contributed by atoms with Crippen molar-refractivity contribution < 1.29 is 13.9 Å². The van der Waals surface area contributed by atoms with E-state index in [1.165, 1.54) is 32.4 Å². The van der Waals surface area contributed by atoms with Gasteiger partial charge in [0.05, 0.1) is 18.4 Å². The minimum Gasteiger partial charge on any atom is -0.472 e. The SMILES string of the molecule is COCC1CN(C2CCC2)CC12CCN(C(=O)c1ccoc1)CC2. The molecule has 1 aliphatic carbocycles. The maximum atomic E-state index is 12.5. The molecule has 1 unspecified atom stereocenters. The number of carbonyl (C=O) groups excluding carboxylic acids is 1. The van der Waals surface area contributed by atoms with Crippen LogP contribution in [0.1, 0.15) is 42.5 Å². The second-order valence-corrected chi connectivity index (χ2v) is 7.83. The van der Waals surface area contributed by atoms with Crippen molar-refractivity contribution in [2.75, 3.05) is 39.9 Å². The molecule has 0 N–H and O–H groups in total. The average molecular weight is 332 g/mol. The highest BCUT2D eigenvalue weighted by Crippen LogP contribution is 2.47.